The molecule has 9 heteroatoms. The molecule has 1 aromatic rings. The third-order valence-corrected chi connectivity index (χ3v) is 9.68. The number of rotatable bonds is 9. The number of amides is 3. The maximum Gasteiger partial charge on any atom is 0.253 e. The summed E-state index contributed by atoms with van der Waals surface area (Å²) in [6.07, 6.45) is 9.65. The lowest BCUT2D eigenvalue weighted by Gasteiger charge is -2.42. The van der Waals surface area contributed by atoms with Crippen LogP contribution in [0, 0.1) is 17.8 Å². The van der Waals surface area contributed by atoms with Crippen LogP contribution in [0.25, 0.3) is 0 Å². The zero-order valence-corrected chi connectivity index (χ0v) is 24.8. The second kappa shape index (κ2) is 11.2. The van der Waals surface area contributed by atoms with Gasteiger partial charge >= 0.3 is 0 Å². The van der Waals surface area contributed by atoms with Gasteiger partial charge in [0.2, 0.25) is 11.8 Å². The van der Waals surface area contributed by atoms with E-state index in [1.54, 1.807) is 33.9 Å². The zero-order valence-electron chi connectivity index (χ0n) is 24.8. The number of methoxy groups -OCH3 is 1. The van der Waals surface area contributed by atoms with E-state index in [4.69, 9.17) is 9.47 Å². The number of hydrogen-bond donors (Lipinski definition) is 1. The SMILES string of the molecule is CCCN1CC=C[C@@]2(CC)O[C@]34C=CCN(c5ccc(OC)cc5)C(=O)C3N([C@@H](CO)[C@@H](C)CC)C(=O)[C@@H]4[C@H]2C1=O. The van der Waals surface area contributed by atoms with Crippen molar-refractivity contribution in [1.82, 2.24) is 9.80 Å². The number of aliphatic hydroxyl groups is 1. The summed E-state index contributed by atoms with van der Waals surface area (Å²) in [5, 5.41) is 10.6. The maximum atomic E-state index is 14.7. The van der Waals surface area contributed by atoms with Crippen molar-refractivity contribution in [3.63, 3.8) is 0 Å². The van der Waals surface area contributed by atoms with E-state index in [2.05, 4.69) is 0 Å². The van der Waals surface area contributed by atoms with Crippen LogP contribution in [0.3, 0.4) is 0 Å². The van der Waals surface area contributed by atoms with Gasteiger partial charge in [0.25, 0.3) is 5.91 Å². The van der Waals surface area contributed by atoms with E-state index in [0.29, 0.717) is 37.4 Å². The fraction of sp³-hybridized carbons (Fsp3) is 0.594. The molecule has 3 amide bonds. The highest BCUT2D eigenvalue weighted by Gasteiger charge is 2.76. The first-order valence-corrected chi connectivity index (χ1v) is 15.0. The molecule has 5 rings (SSSR count). The van der Waals surface area contributed by atoms with Gasteiger partial charge in [0.15, 0.2) is 0 Å². The third kappa shape index (κ3) is 4.39. The molecule has 4 aliphatic heterocycles. The lowest BCUT2D eigenvalue weighted by atomic mass is 9.73. The molecule has 1 spiro atoms. The Morgan fingerprint density at radius 3 is 2.32 bits per heavy atom. The van der Waals surface area contributed by atoms with Crippen LogP contribution >= 0.6 is 0 Å². The number of nitrogens with zero attached hydrogens (tertiary/aromatic N) is 3. The average molecular weight is 566 g/mol. The molecule has 222 valence electrons. The van der Waals surface area contributed by atoms with Crippen molar-refractivity contribution < 1.29 is 29.0 Å². The van der Waals surface area contributed by atoms with Crippen LogP contribution in [0.15, 0.2) is 48.6 Å². The van der Waals surface area contributed by atoms with Gasteiger partial charge in [-0.05, 0) is 43.0 Å². The molecule has 0 aromatic heterocycles. The summed E-state index contributed by atoms with van der Waals surface area (Å²) in [6.45, 7) is 9.00. The number of benzene rings is 1. The number of likely N-dealkylation sites (tertiary alicyclic amines) is 1. The van der Waals surface area contributed by atoms with E-state index in [9.17, 15) is 19.5 Å². The molecule has 41 heavy (non-hydrogen) atoms. The highest BCUT2D eigenvalue weighted by molar-refractivity contribution is 6.06. The minimum absolute atomic E-state index is 0.0773. The highest BCUT2D eigenvalue weighted by Crippen LogP contribution is 2.59. The Hall–Kier alpha value is -3.17. The molecule has 1 N–H and O–H groups in total. The molecule has 9 nitrogen and oxygen atoms in total. The second-order valence-corrected chi connectivity index (χ2v) is 11.7. The minimum atomic E-state index is -1.35. The summed E-state index contributed by atoms with van der Waals surface area (Å²) in [5.74, 6) is -1.78. The van der Waals surface area contributed by atoms with Gasteiger partial charge in [0.1, 0.15) is 17.4 Å². The largest absolute Gasteiger partial charge is 0.497 e. The molecular weight excluding hydrogens is 522 g/mol. The summed E-state index contributed by atoms with van der Waals surface area (Å²) in [5.41, 5.74) is -1.71. The number of aliphatic hydroxyl groups excluding tert-OH is 1. The van der Waals surface area contributed by atoms with Gasteiger partial charge in [0.05, 0.1) is 37.2 Å². The molecule has 4 heterocycles. The first-order chi connectivity index (χ1) is 19.7. The van der Waals surface area contributed by atoms with Crippen LogP contribution in [0.2, 0.25) is 0 Å². The van der Waals surface area contributed by atoms with E-state index >= 15 is 0 Å². The van der Waals surface area contributed by atoms with Gasteiger partial charge in [-0.1, -0.05) is 58.4 Å². The summed E-state index contributed by atoms with van der Waals surface area (Å²) in [6, 6.07) is 5.59. The number of fused-ring (bicyclic) bond motifs is 2. The predicted octanol–water partition coefficient (Wildman–Crippen LogP) is 3.17. The molecule has 0 bridgehead atoms. The first-order valence-electron chi connectivity index (χ1n) is 15.0. The van der Waals surface area contributed by atoms with E-state index in [1.807, 2.05) is 64.1 Å². The van der Waals surface area contributed by atoms with Crippen LogP contribution in [0.5, 0.6) is 5.75 Å². The van der Waals surface area contributed by atoms with Crippen molar-refractivity contribution in [3.8, 4) is 5.75 Å². The van der Waals surface area contributed by atoms with Crippen molar-refractivity contribution in [3.05, 3.63) is 48.6 Å². The molecular formula is C32H43N3O6. The van der Waals surface area contributed by atoms with E-state index in [-0.39, 0.29) is 36.8 Å². The fourth-order valence-electron chi connectivity index (χ4n) is 7.39. The minimum Gasteiger partial charge on any atom is -0.497 e. The van der Waals surface area contributed by atoms with Crippen molar-refractivity contribution in [2.75, 3.05) is 38.3 Å². The topological polar surface area (TPSA) is 99.6 Å². The van der Waals surface area contributed by atoms with Crippen molar-refractivity contribution in [1.29, 1.82) is 0 Å². The lowest BCUT2D eigenvalue weighted by molar-refractivity contribution is -0.153. The Morgan fingerprint density at radius 1 is 1.00 bits per heavy atom. The molecule has 4 aliphatic rings. The number of carbonyl (C=O) groups excluding carboxylic acids is 3. The average Bonchev–Trinajstić information content (AvgIpc) is 3.28. The molecule has 1 unspecified atom stereocenters. The first kappa shape index (κ1) is 29.3. The molecule has 2 saturated heterocycles. The van der Waals surface area contributed by atoms with Gasteiger partial charge < -0.3 is 29.3 Å². The lowest BCUT2D eigenvalue weighted by Crippen LogP contribution is -2.60. The fourth-order valence-corrected chi connectivity index (χ4v) is 7.39. The number of hydrogen-bond acceptors (Lipinski definition) is 6. The summed E-state index contributed by atoms with van der Waals surface area (Å²) < 4.78 is 12.4. The van der Waals surface area contributed by atoms with Gasteiger partial charge in [0, 0.05) is 25.3 Å². The number of ether oxygens (including phenoxy) is 2. The molecule has 1 aromatic carbocycles. The van der Waals surface area contributed by atoms with E-state index < -0.39 is 35.1 Å². The van der Waals surface area contributed by atoms with E-state index in [1.165, 1.54) is 0 Å². The Labute approximate surface area is 242 Å². The number of anilines is 1. The van der Waals surface area contributed by atoms with Crippen molar-refractivity contribution in [2.45, 2.75) is 70.2 Å². The Kier molecular flexibility index (Phi) is 8.05. The number of carbonyl (C=O) groups is 3. The molecule has 0 radical (unpaired) electrons. The Bertz CT molecular complexity index is 1230. The quantitative estimate of drug-likeness (QED) is 0.462. The second-order valence-electron chi connectivity index (χ2n) is 11.7. The van der Waals surface area contributed by atoms with Crippen molar-refractivity contribution >= 4 is 23.4 Å². The molecule has 2 fully saturated rings. The van der Waals surface area contributed by atoms with Gasteiger partial charge in [-0.3, -0.25) is 14.4 Å². The normalized spacial score (nSPS) is 32.4. The summed E-state index contributed by atoms with van der Waals surface area (Å²) >= 11 is 0. The van der Waals surface area contributed by atoms with Gasteiger partial charge in [-0.15, -0.1) is 0 Å². The molecule has 0 aliphatic carbocycles. The van der Waals surface area contributed by atoms with Crippen molar-refractivity contribution in [2.24, 2.45) is 17.8 Å². The van der Waals surface area contributed by atoms with Crippen LogP contribution < -0.4 is 9.64 Å². The standard InChI is InChI=1S/C32H43N3O6/c1-6-17-33-18-9-15-31(8-3)25(28(33)37)26-29(38)35(24(20-36)21(4)7-2)27-30(39)34(19-10-16-32(26,27)41-31)22-11-13-23(40-5)14-12-22/h9-16,21,24-27,36H,6-8,17-20H2,1-5H3/t21-,24-,25-,26-,27?,31+,32-/m0/s1. The Balaban J connectivity index is 1.68. The van der Waals surface area contributed by atoms with Crippen LogP contribution in [-0.4, -0.2) is 89.3 Å². The third-order valence-electron chi connectivity index (χ3n) is 9.68. The summed E-state index contributed by atoms with van der Waals surface area (Å²) in [7, 11) is 1.59. The van der Waals surface area contributed by atoms with Crippen LogP contribution in [0.1, 0.15) is 47.0 Å². The highest BCUT2D eigenvalue weighted by atomic mass is 16.5. The van der Waals surface area contributed by atoms with Crippen LogP contribution in [0.4, 0.5) is 5.69 Å². The van der Waals surface area contributed by atoms with Gasteiger partial charge in [-0.2, -0.15) is 0 Å². The monoisotopic (exact) mass is 565 g/mol. The van der Waals surface area contributed by atoms with Gasteiger partial charge in [-0.25, -0.2) is 0 Å². The smallest absolute Gasteiger partial charge is 0.253 e. The Morgan fingerprint density at radius 2 is 1.71 bits per heavy atom. The maximum absolute atomic E-state index is 14.7. The van der Waals surface area contributed by atoms with Crippen LogP contribution in [-0.2, 0) is 19.1 Å². The zero-order chi connectivity index (χ0) is 29.5. The summed E-state index contributed by atoms with van der Waals surface area (Å²) in [4.78, 5) is 48.7. The predicted molar refractivity (Wildman–Crippen MR) is 155 cm³/mol. The molecule has 0 saturated carbocycles. The van der Waals surface area contributed by atoms with E-state index in [0.717, 1.165) is 6.42 Å². The molecule has 7 atom stereocenters.